The number of esters is 2. The van der Waals surface area contributed by atoms with Crippen molar-refractivity contribution < 1.29 is 42.1 Å². The standard InChI is InChI=1S/C48H94NO8P/c1-6-8-10-12-14-16-18-20-21-22-23-24-25-26-27-29-31-33-35-37-39-41-48(51)57-46(45-56-58(52,53)55-43-42-49(3,4)5)44-54-47(50)40-38-36-34-32-30-28-19-17-15-13-11-9-7-2/h17,19,46H,6-16,18,20-45H2,1-5H3/b19-17-/t46-/m1/s1. The predicted octanol–water partition coefficient (Wildman–Crippen LogP) is 13.5. The van der Waals surface area contributed by atoms with E-state index >= 15 is 0 Å². The summed E-state index contributed by atoms with van der Waals surface area (Å²) in [4.78, 5) is 37.6. The Hall–Kier alpha value is -1.25. The van der Waals surface area contributed by atoms with Crippen LogP contribution in [-0.2, 0) is 32.7 Å². The van der Waals surface area contributed by atoms with Crippen molar-refractivity contribution in [2.24, 2.45) is 0 Å². The molecular formula is C48H94NO8P. The first-order chi connectivity index (χ1) is 28.0. The Morgan fingerprint density at radius 3 is 1.29 bits per heavy atom. The van der Waals surface area contributed by atoms with Crippen LogP contribution in [0.4, 0.5) is 0 Å². The molecule has 0 radical (unpaired) electrons. The number of likely N-dealkylation sites (N-methyl/N-ethyl adjacent to an activating group) is 1. The minimum atomic E-state index is -4.62. The molecule has 1 unspecified atom stereocenters. The first-order valence-electron chi connectivity index (χ1n) is 24.4. The predicted molar refractivity (Wildman–Crippen MR) is 241 cm³/mol. The van der Waals surface area contributed by atoms with Crippen molar-refractivity contribution in [3.63, 3.8) is 0 Å². The van der Waals surface area contributed by atoms with Gasteiger partial charge in [-0.05, 0) is 38.5 Å². The van der Waals surface area contributed by atoms with Crippen LogP contribution in [0.1, 0.15) is 232 Å². The van der Waals surface area contributed by atoms with Crippen LogP contribution in [0, 0.1) is 0 Å². The van der Waals surface area contributed by atoms with E-state index in [2.05, 4.69) is 26.0 Å². The number of phosphoric acid groups is 1. The van der Waals surface area contributed by atoms with Gasteiger partial charge in [0.25, 0.3) is 7.82 Å². The van der Waals surface area contributed by atoms with E-state index in [1.807, 2.05) is 21.1 Å². The van der Waals surface area contributed by atoms with Gasteiger partial charge >= 0.3 is 11.9 Å². The quantitative estimate of drug-likeness (QED) is 0.0196. The zero-order valence-electron chi connectivity index (χ0n) is 38.8. The molecule has 0 aromatic carbocycles. The lowest BCUT2D eigenvalue weighted by Crippen LogP contribution is -2.37. The summed E-state index contributed by atoms with van der Waals surface area (Å²) in [5.74, 6) is -0.832. The highest BCUT2D eigenvalue weighted by Crippen LogP contribution is 2.38. The highest BCUT2D eigenvalue weighted by Gasteiger charge is 2.21. The molecule has 0 bridgehead atoms. The summed E-state index contributed by atoms with van der Waals surface area (Å²) in [6, 6.07) is 0. The van der Waals surface area contributed by atoms with Crippen LogP contribution in [0.25, 0.3) is 0 Å². The van der Waals surface area contributed by atoms with Crippen LogP contribution in [-0.4, -0.2) is 70.0 Å². The normalized spacial score (nSPS) is 13.6. The van der Waals surface area contributed by atoms with E-state index in [-0.39, 0.29) is 32.0 Å². The van der Waals surface area contributed by atoms with Gasteiger partial charge in [0, 0.05) is 12.8 Å². The van der Waals surface area contributed by atoms with Gasteiger partial charge in [0.15, 0.2) is 6.10 Å². The molecule has 0 aliphatic carbocycles. The largest absolute Gasteiger partial charge is 0.756 e. The molecule has 0 amide bonds. The maximum atomic E-state index is 12.7. The van der Waals surface area contributed by atoms with Gasteiger partial charge in [-0.3, -0.25) is 14.2 Å². The third-order valence-electron chi connectivity index (χ3n) is 10.8. The molecule has 9 nitrogen and oxygen atoms in total. The SMILES string of the molecule is CCCCCC/C=C\CCCCCCCC(=O)OC[C@H](COP(=O)([O-])OCC[N+](C)(C)C)OC(=O)CCCCCCCCCCCCCCCCCCCCCCC. The number of phosphoric ester groups is 1. The summed E-state index contributed by atoms with van der Waals surface area (Å²) in [6.45, 7) is 4.24. The van der Waals surface area contributed by atoms with Gasteiger partial charge in [0.05, 0.1) is 27.7 Å². The number of rotatable bonds is 45. The summed E-state index contributed by atoms with van der Waals surface area (Å²) in [5.41, 5.74) is 0. The summed E-state index contributed by atoms with van der Waals surface area (Å²) < 4.78 is 34.0. The maximum absolute atomic E-state index is 12.7. The smallest absolute Gasteiger partial charge is 0.306 e. The van der Waals surface area contributed by atoms with Crippen LogP contribution >= 0.6 is 7.82 Å². The fourth-order valence-electron chi connectivity index (χ4n) is 6.95. The Morgan fingerprint density at radius 1 is 0.517 bits per heavy atom. The molecule has 0 aromatic heterocycles. The van der Waals surface area contributed by atoms with E-state index < -0.39 is 26.5 Å². The van der Waals surface area contributed by atoms with Crippen LogP contribution in [0.5, 0.6) is 0 Å². The Kier molecular flexibility index (Phi) is 40.2. The van der Waals surface area contributed by atoms with Crippen molar-refractivity contribution in [2.45, 2.75) is 238 Å². The monoisotopic (exact) mass is 844 g/mol. The van der Waals surface area contributed by atoms with Gasteiger partial charge in [-0.1, -0.05) is 193 Å². The van der Waals surface area contributed by atoms with Crippen molar-refractivity contribution in [2.75, 3.05) is 47.5 Å². The minimum absolute atomic E-state index is 0.0288. The number of nitrogens with zero attached hydrogens (tertiary/aromatic N) is 1. The van der Waals surface area contributed by atoms with Crippen molar-refractivity contribution >= 4 is 19.8 Å². The summed E-state index contributed by atoms with van der Waals surface area (Å²) in [6.07, 6.45) is 43.8. The van der Waals surface area contributed by atoms with E-state index in [0.29, 0.717) is 17.4 Å². The first kappa shape index (κ1) is 56.8. The zero-order chi connectivity index (χ0) is 42.8. The van der Waals surface area contributed by atoms with Gasteiger partial charge in [0.1, 0.15) is 19.8 Å². The van der Waals surface area contributed by atoms with Gasteiger partial charge in [-0.25, -0.2) is 0 Å². The average molecular weight is 844 g/mol. The molecule has 0 aliphatic rings. The lowest BCUT2D eigenvalue weighted by atomic mass is 10.0. The lowest BCUT2D eigenvalue weighted by Gasteiger charge is -2.28. The molecule has 0 aromatic rings. The van der Waals surface area contributed by atoms with E-state index in [1.165, 1.54) is 148 Å². The molecule has 0 spiro atoms. The molecular weight excluding hydrogens is 750 g/mol. The molecule has 344 valence electrons. The zero-order valence-corrected chi connectivity index (χ0v) is 39.7. The van der Waals surface area contributed by atoms with Gasteiger partial charge in [0.2, 0.25) is 0 Å². The molecule has 0 heterocycles. The summed E-state index contributed by atoms with van der Waals surface area (Å²) in [5, 5.41) is 0. The fourth-order valence-corrected chi connectivity index (χ4v) is 7.67. The van der Waals surface area contributed by atoms with Crippen LogP contribution in [0.2, 0.25) is 0 Å². The highest BCUT2D eigenvalue weighted by molar-refractivity contribution is 7.45. The molecule has 10 heteroatoms. The van der Waals surface area contributed by atoms with Crippen LogP contribution < -0.4 is 4.89 Å². The van der Waals surface area contributed by atoms with E-state index in [9.17, 15) is 19.0 Å². The fraction of sp³-hybridized carbons (Fsp3) is 0.917. The topological polar surface area (TPSA) is 111 Å². The molecule has 0 fully saturated rings. The molecule has 0 rings (SSSR count). The molecule has 0 saturated carbocycles. The molecule has 0 aliphatic heterocycles. The molecule has 0 N–H and O–H groups in total. The number of ether oxygens (including phenoxy) is 2. The van der Waals surface area contributed by atoms with Crippen molar-refractivity contribution in [1.82, 2.24) is 0 Å². The number of hydrogen-bond acceptors (Lipinski definition) is 8. The number of quaternary nitrogens is 1. The Labute approximate surface area is 358 Å². The Morgan fingerprint density at radius 2 is 0.879 bits per heavy atom. The first-order valence-corrected chi connectivity index (χ1v) is 25.9. The average Bonchev–Trinajstić information content (AvgIpc) is 3.17. The van der Waals surface area contributed by atoms with E-state index in [1.54, 1.807) is 0 Å². The van der Waals surface area contributed by atoms with Gasteiger partial charge in [-0.15, -0.1) is 0 Å². The van der Waals surface area contributed by atoms with Gasteiger partial charge in [-0.2, -0.15) is 0 Å². The maximum Gasteiger partial charge on any atom is 0.306 e. The van der Waals surface area contributed by atoms with E-state index in [4.69, 9.17) is 18.5 Å². The van der Waals surface area contributed by atoms with Crippen LogP contribution in [0.3, 0.4) is 0 Å². The third kappa shape index (κ3) is 44.3. The second kappa shape index (κ2) is 41.1. The second-order valence-corrected chi connectivity index (χ2v) is 19.2. The number of carbonyl (C=O) groups is 2. The van der Waals surface area contributed by atoms with Crippen molar-refractivity contribution in [3.8, 4) is 0 Å². The Balaban J connectivity index is 4.22. The van der Waals surface area contributed by atoms with Crippen molar-refractivity contribution in [1.29, 1.82) is 0 Å². The molecule has 2 atom stereocenters. The Bertz CT molecular complexity index is 1000. The summed E-state index contributed by atoms with van der Waals surface area (Å²) in [7, 11) is 1.17. The van der Waals surface area contributed by atoms with Gasteiger partial charge < -0.3 is 27.9 Å². The lowest BCUT2D eigenvalue weighted by molar-refractivity contribution is -0.870. The number of hydrogen-bond donors (Lipinski definition) is 0. The highest BCUT2D eigenvalue weighted by atomic mass is 31.2. The van der Waals surface area contributed by atoms with Crippen LogP contribution in [0.15, 0.2) is 12.2 Å². The third-order valence-corrected chi connectivity index (χ3v) is 11.7. The minimum Gasteiger partial charge on any atom is -0.756 e. The summed E-state index contributed by atoms with van der Waals surface area (Å²) >= 11 is 0. The van der Waals surface area contributed by atoms with Crippen molar-refractivity contribution in [3.05, 3.63) is 12.2 Å². The number of carbonyl (C=O) groups excluding carboxylic acids is 2. The molecule has 58 heavy (non-hydrogen) atoms. The second-order valence-electron chi connectivity index (χ2n) is 17.8. The van der Waals surface area contributed by atoms with E-state index in [0.717, 1.165) is 51.4 Å². The number of allylic oxidation sites excluding steroid dienone is 2. The number of unbranched alkanes of at least 4 members (excludes halogenated alkanes) is 29. The molecule has 0 saturated heterocycles.